The standard InChI is InChI=1S/C23H14N2OS/c26-23-19-3-1-17(15-5-9-24-10-6-15)13-21(19)27-22-14-18(2-4-20(22)23)16-7-11-25-12-8-16/h1-14H. The van der Waals surface area contributed by atoms with E-state index in [9.17, 15) is 4.79 Å². The molecule has 4 heteroatoms. The molecule has 0 aliphatic carbocycles. The molecule has 3 heterocycles. The fraction of sp³-hybridized carbons (Fsp3) is 0. The van der Waals surface area contributed by atoms with Gasteiger partial charge < -0.3 is 0 Å². The smallest absolute Gasteiger partial charge is 0.195 e. The van der Waals surface area contributed by atoms with E-state index in [2.05, 4.69) is 22.1 Å². The van der Waals surface area contributed by atoms with Gasteiger partial charge in [0.1, 0.15) is 0 Å². The van der Waals surface area contributed by atoms with Crippen molar-refractivity contribution in [2.24, 2.45) is 0 Å². The molecule has 0 radical (unpaired) electrons. The van der Waals surface area contributed by atoms with Gasteiger partial charge in [0, 0.05) is 45.0 Å². The molecule has 5 rings (SSSR count). The molecular formula is C23H14N2OS. The first-order valence-electron chi connectivity index (χ1n) is 8.61. The van der Waals surface area contributed by atoms with Crippen molar-refractivity contribution in [3.8, 4) is 22.3 Å². The monoisotopic (exact) mass is 366 g/mol. The molecule has 0 N–H and O–H groups in total. The quantitative estimate of drug-likeness (QED) is 0.385. The molecule has 2 aromatic carbocycles. The van der Waals surface area contributed by atoms with Crippen molar-refractivity contribution >= 4 is 31.5 Å². The Kier molecular flexibility index (Phi) is 3.77. The molecule has 128 valence electrons. The molecule has 0 aliphatic heterocycles. The maximum atomic E-state index is 13.0. The Morgan fingerprint density at radius 1 is 0.556 bits per heavy atom. The first-order chi connectivity index (χ1) is 13.3. The summed E-state index contributed by atoms with van der Waals surface area (Å²) < 4.78 is 1.99. The first-order valence-corrected chi connectivity index (χ1v) is 9.43. The molecule has 0 saturated heterocycles. The number of fused-ring (bicyclic) bond motifs is 2. The SMILES string of the molecule is O=c1c2ccc(-c3ccncc3)cc2sc2cc(-c3ccncc3)ccc12. The van der Waals surface area contributed by atoms with Crippen molar-refractivity contribution in [1.29, 1.82) is 0 Å². The summed E-state index contributed by atoms with van der Waals surface area (Å²) in [6.07, 6.45) is 7.12. The van der Waals surface area contributed by atoms with E-state index in [-0.39, 0.29) is 5.43 Å². The van der Waals surface area contributed by atoms with Gasteiger partial charge in [0.25, 0.3) is 0 Å². The minimum Gasteiger partial charge on any atom is -0.289 e. The maximum Gasteiger partial charge on any atom is 0.195 e. The fourth-order valence-corrected chi connectivity index (χ4v) is 4.45. The highest BCUT2D eigenvalue weighted by Gasteiger charge is 2.09. The molecule has 27 heavy (non-hydrogen) atoms. The number of hydrogen-bond acceptors (Lipinski definition) is 4. The molecular weight excluding hydrogens is 352 g/mol. The van der Waals surface area contributed by atoms with Gasteiger partial charge in [0.2, 0.25) is 0 Å². The lowest BCUT2D eigenvalue weighted by Crippen LogP contribution is -2.01. The maximum absolute atomic E-state index is 13.0. The third-order valence-electron chi connectivity index (χ3n) is 4.70. The summed E-state index contributed by atoms with van der Waals surface area (Å²) in [5.41, 5.74) is 4.45. The molecule has 3 nitrogen and oxygen atoms in total. The predicted molar refractivity (Wildman–Crippen MR) is 112 cm³/mol. The zero-order valence-corrected chi connectivity index (χ0v) is 15.1. The molecule has 0 aliphatic rings. The molecule has 5 aromatic rings. The molecule has 3 aromatic heterocycles. The van der Waals surface area contributed by atoms with Crippen molar-refractivity contribution in [2.75, 3.05) is 0 Å². The average Bonchev–Trinajstić information content (AvgIpc) is 2.74. The van der Waals surface area contributed by atoms with Crippen LogP contribution in [-0.2, 0) is 0 Å². The van der Waals surface area contributed by atoms with E-state index in [0.717, 1.165) is 42.4 Å². The normalized spacial score (nSPS) is 11.1. The lowest BCUT2D eigenvalue weighted by atomic mass is 10.0. The van der Waals surface area contributed by atoms with Gasteiger partial charge in [-0.15, -0.1) is 11.3 Å². The number of benzene rings is 2. The van der Waals surface area contributed by atoms with Crippen LogP contribution in [0.2, 0.25) is 0 Å². The third-order valence-corrected chi connectivity index (χ3v) is 5.82. The second-order valence-corrected chi connectivity index (χ2v) is 7.41. The lowest BCUT2D eigenvalue weighted by Gasteiger charge is -2.07. The van der Waals surface area contributed by atoms with Gasteiger partial charge in [-0.05, 0) is 70.8 Å². The van der Waals surface area contributed by atoms with Crippen molar-refractivity contribution in [3.05, 3.63) is 95.7 Å². The summed E-state index contributed by atoms with van der Waals surface area (Å²) in [6.45, 7) is 0. The van der Waals surface area contributed by atoms with Crippen LogP contribution in [0.15, 0.2) is 90.2 Å². The van der Waals surface area contributed by atoms with E-state index in [0.29, 0.717) is 0 Å². The van der Waals surface area contributed by atoms with E-state index in [1.54, 1.807) is 36.1 Å². The van der Waals surface area contributed by atoms with Crippen LogP contribution >= 0.6 is 11.3 Å². The summed E-state index contributed by atoms with van der Waals surface area (Å²) in [5.74, 6) is 0. The first kappa shape index (κ1) is 15.9. The van der Waals surface area contributed by atoms with Crippen LogP contribution in [0.3, 0.4) is 0 Å². The van der Waals surface area contributed by atoms with Crippen LogP contribution in [0.4, 0.5) is 0 Å². The minimum absolute atomic E-state index is 0.0845. The summed E-state index contributed by atoms with van der Waals surface area (Å²) in [5, 5.41) is 1.53. The van der Waals surface area contributed by atoms with Gasteiger partial charge in [0.15, 0.2) is 5.43 Å². The Bertz CT molecular complexity index is 1230. The Balaban J connectivity index is 1.74. The zero-order chi connectivity index (χ0) is 18.2. The van der Waals surface area contributed by atoms with Gasteiger partial charge in [-0.25, -0.2) is 0 Å². The number of pyridine rings is 2. The van der Waals surface area contributed by atoms with Crippen LogP contribution in [-0.4, -0.2) is 9.97 Å². The van der Waals surface area contributed by atoms with E-state index in [1.165, 1.54) is 0 Å². The van der Waals surface area contributed by atoms with Gasteiger partial charge in [0.05, 0.1) is 0 Å². The molecule has 0 unspecified atom stereocenters. The topological polar surface area (TPSA) is 42.9 Å². The molecule has 0 fully saturated rings. The fourth-order valence-electron chi connectivity index (χ4n) is 3.30. The highest BCUT2D eigenvalue weighted by molar-refractivity contribution is 7.24. The summed E-state index contributed by atoms with van der Waals surface area (Å²) in [7, 11) is 0. The Morgan fingerprint density at radius 3 is 1.44 bits per heavy atom. The molecule has 0 amide bonds. The van der Waals surface area contributed by atoms with E-state index in [4.69, 9.17) is 0 Å². The Morgan fingerprint density at radius 2 is 1.00 bits per heavy atom. The van der Waals surface area contributed by atoms with E-state index in [1.807, 2.05) is 48.5 Å². The van der Waals surface area contributed by atoms with Crippen LogP contribution in [0.25, 0.3) is 42.4 Å². The lowest BCUT2D eigenvalue weighted by molar-refractivity contribution is 1.33. The van der Waals surface area contributed by atoms with Crippen molar-refractivity contribution < 1.29 is 0 Å². The summed E-state index contributed by atoms with van der Waals surface area (Å²) >= 11 is 1.65. The second kappa shape index (κ2) is 6.41. The molecule has 0 saturated carbocycles. The number of rotatable bonds is 2. The largest absolute Gasteiger partial charge is 0.289 e. The van der Waals surface area contributed by atoms with Gasteiger partial charge in [-0.2, -0.15) is 0 Å². The predicted octanol–water partition coefficient (Wildman–Crippen LogP) is 5.54. The van der Waals surface area contributed by atoms with Crippen LogP contribution in [0.1, 0.15) is 0 Å². The van der Waals surface area contributed by atoms with Crippen molar-refractivity contribution in [1.82, 2.24) is 9.97 Å². The molecule has 0 bridgehead atoms. The Labute approximate surface area is 159 Å². The van der Waals surface area contributed by atoms with Crippen LogP contribution in [0.5, 0.6) is 0 Å². The van der Waals surface area contributed by atoms with Crippen LogP contribution in [0, 0.1) is 0 Å². The van der Waals surface area contributed by atoms with Gasteiger partial charge in [-0.1, -0.05) is 12.1 Å². The Hall–Kier alpha value is -3.37. The zero-order valence-electron chi connectivity index (χ0n) is 14.3. The third kappa shape index (κ3) is 2.80. The number of hydrogen-bond donors (Lipinski definition) is 0. The van der Waals surface area contributed by atoms with E-state index < -0.39 is 0 Å². The van der Waals surface area contributed by atoms with Crippen molar-refractivity contribution in [3.63, 3.8) is 0 Å². The van der Waals surface area contributed by atoms with Crippen molar-refractivity contribution in [2.45, 2.75) is 0 Å². The number of aromatic nitrogens is 2. The average molecular weight is 366 g/mol. The molecule has 0 atom stereocenters. The minimum atomic E-state index is 0.0845. The van der Waals surface area contributed by atoms with Gasteiger partial charge in [-0.3, -0.25) is 14.8 Å². The summed E-state index contributed by atoms with van der Waals surface area (Å²) in [6, 6.07) is 20.0. The van der Waals surface area contributed by atoms with E-state index >= 15 is 0 Å². The van der Waals surface area contributed by atoms with Gasteiger partial charge >= 0.3 is 0 Å². The molecule has 0 spiro atoms. The highest BCUT2D eigenvalue weighted by atomic mass is 32.1. The summed E-state index contributed by atoms with van der Waals surface area (Å²) in [4.78, 5) is 21.1. The number of nitrogens with zero attached hydrogens (tertiary/aromatic N) is 2. The second-order valence-electron chi connectivity index (χ2n) is 6.32. The van der Waals surface area contributed by atoms with Crippen LogP contribution < -0.4 is 5.43 Å². The highest BCUT2D eigenvalue weighted by Crippen LogP contribution is 2.31.